The normalized spacial score (nSPS) is 20.6. The molecule has 2 rings (SSSR count). The van der Waals surface area contributed by atoms with Crippen LogP contribution in [0.2, 0.25) is 0 Å². The molecule has 0 saturated carbocycles. The molecular formula is C13H19N3S. The van der Waals surface area contributed by atoms with Gasteiger partial charge in [-0.15, -0.1) is 0 Å². The quantitative estimate of drug-likeness (QED) is 0.622. The first-order valence-corrected chi connectivity index (χ1v) is 7.24. The van der Waals surface area contributed by atoms with Crippen molar-refractivity contribution in [3.05, 3.63) is 47.2 Å². The van der Waals surface area contributed by atoms with Gasteiger partial charge in [0.1, 0.15) is 0 Å². The Kier molecular flexibility index (Phi) is 3.66. The molecule has 0 fully saturated rings. The monoisotopic (exact) mass is 249 g/mol. The lowest BCUT2D eigenvalue weighted by Crippen LogP contribution is -2.33. The highest BCUT2D eigenvalue weighted by Crippen LogP contribution is 2.30. The third-order valence-electron chi connectivity index (χ3n) is 2.79. The first-order valence-electron chi connectivity index (χ1n) is 5.65. The van der Waals surface area contributed by atoms with Gasteiger partial charge < -0.3 is 11.2 Å². The average Bonchev–Trinajstić information content (AvgIpc) is 2.67. The molecule has 0 aliphatic carbocycles. The van der Waals surface area contributed by atoms with Gasteiger partial charge in [0, 0.05) is 4.86 Å². The highest BCUT2D eigenvalue weighted by atomic mass is 32.2. The molecule has 0 spiro atoms. The van der Waals surface area contributed by atoms with Crippen LogP contribution < -0.4 is 11.2 Å². The van der Waals surface area contributed by atoms with E-state index in [9.17, 15) is 0 Å². The minimum atomic E-state index is 0.00596. The van der Waals surface area contributed by atoms with Crippen LogP contribution in [0, 0.1) is 0 Å². The Morgan fingerprint density at radius 1 is 1.29 bits per heavy atom. The molecule has 4 heteroatoms. The molecule has 0 bridgehead atoms. The molecule has 0 saturated heterocycles. The van der Waals surface area contributed by atoms with E-state index < -0.39 is 0 Å². The molecule has 1 aliphatic rings. The molecule has 1 aromatic carbocycles. The standard InChI is InChI=1S/C13H19N3S/c1-10(2)12-13(11-7-5-4-6-8-11)17(3)16(9-14)15-12/h4-8,15H,9,14H2,1-3H3. The van der Waals surface area contributed by atoms with Crippen molar-refractivity contribution in [3.8, 4) is 0 Å². The van der Waals surface area contributed by atoms with Gasteiger partial charge in [-0.25, -0.2) is 0 Å². The number of hydrogen-bond acceptors (Lipinski definition) is 3. The third-order valence-corrected chi connectivity index (χ3v) is 4.72. The fraction of sp³-hybridized carbons (Fsp3) is 0.308. The van der Waals surface area contributed by atoms with Gasteiger partial charge in [0.05, 0.1) is 12.4 Å². The molecule has 0 radical (unpaired) electrons. The molecule has 1 unspecified atom stereocenters. The van der Waals surface area contributed by atoms with Gasteiger partial charge in [0.2, 0.25) is 0 Å². The van der Waals surface area contributed by atoms with E-state index in [0.29, 0.717) is 6.67 Å². The molecular weight excluding hydrogens is 230 g/mol. The van der Waals surface area contributed by atoms with Crippen LogP contribution in [0.25, 0.3) is 0 Å². The van der Waals surface area contributed by atoms with E-state index in [2.05, 4.69) is 54.2 Å². The summed E-state index contributed by atoms with van der Waals surface area (Å²) >= 11 is 0. The maximum absolute atomic E-state index is 5.76. The van der Waals surface area contributed by atoms with Crippen LogP contribution in [0.1, 0.15) is 19.4 Å². The van der Waals surface area contributed by atoms with E-state index in [1.165, 1.54) is 21.7 Å². The lowest BCUT2D eigenvalue weighted by molar-refractivity contribution is 0.418. The minimum Gasteiger partial charge on any atom is -0.316 e. The third kappa shape index (κ3) is 2.29. The van der Waals surface area contributed by atoms with E-state index in [4.69, 9.17) is 5.73 Å². The zero-order valence-corrected chi connectivity index (χ0v) is 11.3. The molecule has 1 heterocycles. The minimum absolute atomic E-state index is 0.00596. The van der Waals surface area contributed by atoms with Crippen LogP contribution in [0.4, 0.5) is 0 Å². The second kappa shape index (κ2) is 5.04. The van der Waals surface area contributed by atoms with E-state index in [1.807, 2.05) is 6.07 Å². The maximum Gasteiger partial charge on any atom is 0.0755 e. The lowest BCUT2D eigenvalue weighted by Gasteiger charge is -2.15. The SMILES string of the molecule is CC(C)=C1NN(CN)S(C)=C1c1ccccc1. The summed E-state index contributed by atoms with van der Waals surface area (Å²) < 4.78 is 2.09. The number of benzene rings is 1. The van der Waals surface area contributed by atoms with Crippen molar-refractivity contribution in [1.29, 1.82) is 0 Å². The van der Waals surface area contributed by atoms with Gasteiger partial charge in [0.25, 0.3) is 0 Å². The van der Waals surface area contributed by atoms with E-state index in [-0.39, 0.29) is 10.7 Å². The lowest BCUT2D eigenvalue weighted by atomic mass is 10.1. The van der Waals surface area contributed by atoms with Crippen molar-refractivity contribution in [1.82, 2.24) is 9.84 Å². The largest absolute Gasteiger partial charge is 0.316 e. The summed E-state index contributed by atoms with van der Waals surface area (Å²) in [6.45, 7) is 4.78. The predicted molar refractivity (Wildman–Crippen MR) is 76.5 cm³/mol. The Labute approximate surface area is 105 Å². The van der Waals surface area contributed by atoms with Crippen LogP contribution in [0.5, 0.6) is 0 Å². The maximum atomic E-state index is 5.76. The number of rotatable bonds is 2. The summed E-state index contributed by atoms with van der Waals surface area (Å²) in [7, 11) is 0.00596. The zero-order chi connectivity index (χ0) is 12.4. The summed E-state index contributed by atoms with van der Waals surface area (Å²) in [4.78, 5) is 1.36. The van der Waals surface area contributed by atoms with E-state index in [1.54, 1.807) is 0 Å². The van der Waals surface area contributed by atoms with Crippen LogP contribution in [-0.4, -0.2) is 22.2 Å². The van der Waals surface area contributed by atoms with Crippen molar-refractivity contribution in [2.75, 3.05) is 12.9 Å². The number of nitrogens with two attached hydrogens (primary N) is 1. The molecule has 0 aromatic heterocycles. The predicted octanol–water partition coefficient (Wildman–Crippen LogP) is 2.05. The van der Waals surface area contributed by atoms with Gasteiger partial charge in [-0.3, -0.25) is 0 Å². The zero-order valence-electron chi connectivity index (χ0n) is 10.5. The topological polar surface area (TPSA) is 41.3 Å². The molecule has 1 aliphatic heterocycles. The van der Waals surface area contributed by atoms with Crippen molar-refractivity contribution in [2.45, 2.75) is 13.8 Å². The first kappa shape index (κ1) is 12.4. The van der Waals surface area contributed by atoms with Gasteiger partial charge in [0.15, 0.2) is 0 Å². The smallest absolute Gasteiger partial charge is 0.0755 e. The summed E-state index contributed by atoms with van der Waals surface area (Å²) in [6.07, 6.45) is 2.21. The Morgan fingerprint density at radius 2 is 1.94 bits per heavy atom. The van der Waals surface area contributed by atoms with E-state index in [0.717, 1.165) is 0 Å². The highest BCUT2D eigenvalue weighted by Gasteiger charge is 2.24. The molecule has 3 N–H and O–H groups in total. The summed E-state index contributed by atoms with van der Waals surface area (Å²) in [6, 6.07) is 10.5. The van der Waals surface area contributed by atoms with Gasteiger partial charge >= 0.3 is 0 Å². The number of hydrazine groups is 1. The van der Waals surface area contributed by atoms with Crippen LogP contribution in [0.15, 0.2) is 41.6 Å². The molecule has 17 heavy (non-hydrogen) atoms. The second-order valence-electron chi connectivity index (χ2n) is 4.22. The van der Waals surface area contributed by atoms with Crippen LogP contribution >= 0.6 is 10.7 Å². The van der Waals surface area contributed by atoms with Gasteiger partial charge in [-0.1, -0.05) is 46.6 Å². The van der Waals surface area contributed by atoms with Crippen molar-refractivity contribution >= 4 is 15.5 Å². The highest BCUT2D eigenvalue weighted by molar-refractivity contribution is 8.14. The first-order chi connectivity index (χ1) is 8.15. The Morgan fingerprint density at radius 3 is 2.47 bits per heavy atom. The second-order valence-corrected chi connectivity index (χ2v) is 6.03. The molecule has 92 valence electrons. The number of nitrogens with zero attached hydrogens (tertiary/aromatic N) is 1. The molecule has 0 amide bonds. The summed E-state index contributed by atoms with van der Waals surface area (Å²) in [5.41, 5.74) is 12.9. The number of allylic oxidation sites excluding steroid dienone is 2. The summed E-state index contributed by atoms with van der Waals surface area (Å²) in [5, 5.41) is 0. The van der Waals surface area contributed by atoms with Crippen molar-refractivity contribution in [2.24, 2.45) is 5.73 Å². The van der Waals surface area contributed by atoms with Gasteiger partial charge in [-0.2, -0.15) is 4.41 Å². The fourth-order valence-corrected chi connectivity index (χ4v) is 3.60. The van der Waals surface area contributed by atoms with Crippen LogP contribution in [0.3, 0.4) is 0 Å². The average molecular weight is 249 g/mol. The Balaban J connectivity index is 2.55. The number of nitrogens with one attached hydrogen (secondary N) is 1. The van der Waals surface area contributed by atoms with Crippen molar-refractivity contribution in [3.63, 3.8) is 0 Å². The molecule has 1 atom stereocenters. The number of hydrogen-bond donors (Lipinski definition) is 2. The molecule has 3 nitrogen and oxygen atoms in total. The van der Waals surface area contributed by atoms with Crippen LogP contribution in [-0.2, 0) is 0 Å². The summed E-state index contributed by atoms with van der Waals surface area (Å²) in [5.74, 6) is 0. The Hall–Kier alpha value is -1.10. The van der Waals surface area contributed by atoms with Crippen molar-refractivity contribution < 1.29 is 0 Å². The Bertz CT molecular complexity index is 473. The van der Waals surface area contributed by atoms with Gasteiger partial charge in [-0.05, 0) is 25.7 Å². The van der Waals surface area contributed by atoms with E-state index >= 15 is 0 Å². The molecule has 1 aromatic rings. The fourth-order valence-electron chi connectivity index (χ4n) is 1.90.